The van der Waals surface area contributed by atoms with E-state index in [0.29, 0.717) is 43.5 Å². The van der Waals surface area contributed by atoms with Crippen LogP contribution in [0.15, 0.2) is 91.0 Å². The molecule has 176 valence electrons. The lowest BCUT2D eigenvalue weighted by Crippen LogP contribution is -2.14. The van der Waals surface area contributed by atoms with Crippen molar-refractivity contribution in [2.75, 3.05) is 33.5 Å². The van der Waals surface area contributed by atoms with Gasteiger partial charge >= 0.3 is 5.97 Å². The van der Waals surface area contributed by atoms with Gasteiger partial charge in [0.1, 0.15) is 23.7 Å². The molecule has 0 saturated heterocycles. The molecule has 0 bridgehead atoms. The molecular weight excluding hydrogens is 440 g/mol. The predicted molar refractivity (Wildman–Crippen MR) is 139 cm³/mol. The monoisotopic (exact) mass is 466 g/mol. The molecule has 35 heavy (non-hydrogen) atoms. The molecule has 0 spiro atoms. The highest BCUT2D eigenvalue weighted by Crippen LogP contribution is 2.39. The van der Waals surface area contributed by atoms with Gasteiger partial charge in [0.2, 0.25) is 0 Å². The highest BCUT2D eigenvalue weighted by atomic mass is 16.5. The third-order valence-electron chi connectivity index (χ3n) is 5.96. The minimum absolute atomic E-state index is 0.318. The van der Waals surface area contributed by atoms with Crippen LogP contribution in [0.3, 0.4) is 0 Å². The molecule has 5 rings (SSSR count). The van der Waals surface area contributed by atoms with Crippen LogP contribution in [0.25, 0.3) is 32.3 Å². The average molecular weight is 467 g/mol. The Morgan fingerprint density at radius 1 is 0.600 bits per heavy atom. The maximum atomic E-state index is 13.3. The van der Waals surface area contributed by atoms with E-state index >= 15 is 0 Å². The maximum Gasteiger partial charge on any atom is 0.347 e. The van der Waals surface area contributed by atoms with Crippen molar-refractivity contribution in [2.45, 2.75) is 0 Å². The van der Waals surface area contributed by atoms with Crippen molar-refractivity contribution in [2.24, 2.45) is 0 Å². The van der Waals surface area contributed by atoms with E-state index < -0.39 is 5.97 Å². The zero-order valence-electron chi connectivity index (χ0n) is 19.5. The molecule has 5 aromatic carbocycles. The molecule has 0 aliphatic rings. The van der Waals surface area contributed by atoms with Crippen LogP contribution in [-0.4, -0.2) is 39.5 Å². The lowest BCUT2D eigenvalue weighted by atomic mass is 9.94. The van der Waals surface area contributed by atoms with Gasteiger partial charge in [0, 0.05) is 12.5 Å². The van der Waals surface area contributed by atoms with Crippen molar-refractivity contribution in [1.82, 2.24) is 0 Å². The first-order valence-corrected chi connectivity index (χ1v) is 11.6. The first-order chi connectivity index (χ1) is 17.3. The summed E-state index contributed by atoms with van der Waals surface area (Å²) >= 11 is 0. The average Bonchev–Trinajstić information content (AvgIpc) is 2.91. The van der Waals surface area contributed by atoms with E-state index in [2.05, 4.69) is 30.3 Å². The summed E-state index contributed by atoms with van der Waals surface area (Å²) < 4.78 is 22.2. The smallest absolute Gasteiger partial charge is 0.347 e. The fourth-order valence-corrected chi connectivity index (χ4v) is 4.38. The summed E-state index contributed by atoms with van der Waals surface area (Å²) in [4.78, 5) is 13.3. The van der Waals surface area contributed by atoms with Gasteiger partial charge < -0.3 is 18.9 Å². The summed E-state index contributed by atoms with van der Waals surface area (Å²) in [5, 5.41) is 6.42. The maximum absolute atomic E-state index is 13.3. The van der Waals surface area contributed by atoms with Crippen LogP contribution in [0.5, 0.6) is 11.5 Å². The minimum atomic E-state index is -0.467. The molecule has 0 aromatic heterocycles. The third-order valence-corrected chi connectivity index (χ3v) is 5.96. The number of rotatable bonds is 9. The van der Waals surface area contributed by atoms with Crippen LogP contribution >= 0.6 is 0 Å². The van der Waals surface area contributed by atoms with E-state index in [4.69, 9.17) is 18.9 Å². The topological polar surface area (TPSA) is 54.0 Å². The van der Waals surface area contributed by atoms with E-state index in [9.17, 15) is 4.79 Å². The summed E-state index contributed by atoms with van der Waals surface area (Å²) in [5.41, 5.74) is 0.367. The Morgan fingerprint density at radius 3 is 1.86 bits per heavy atom. The first kappa shape index (κ1) is 22.8. The Morgan fingerprint density at radius 2 is 1.14 bits per heavy atom. The van der Waals surface area contributed by atoms with Crippen molar-refractivity contribution in [3.63, 3.8) is 0 Å². The largest absolute Gasteiger partial charge is 0.490 e. The number of para-hydroxylation sites is 1. The second kappa shape index (κ2) is 10.6. The second-order valence-electron chi connectivity index (χ2n) is 8.11. The Kier molecular flexibility index (Phi) is 6.89. The molecule has 5 heteroatoms. The predicted octanol–water partition coefficient (Wildman–Crippen LogP) is 6.41. The van der Waals surface area contributed by atoms with Crippen LogP contribution in [0.4, 0.5) is 0 Å². The molecule has 5 aromatic rings. The van der Waals surface area contributed by atoms with Gasteiger partial charge in [-0.15, -0.1) is 0 Å². The zero-order chi connectivity index (χ0) is 24.0. The molecule has 0 amide bonds. The van der Waals surface area contributed by atoms with E-state index in [-0.39, 0.29) is 0 Å². The molecule has 0 fully saturated rings. The number of esters is 1. The third kappa shape index (κ3) is 4.69. The summed E-state index contributed by atoms with van der Waals surface area (Å²) in [6.45, 7) is 1.74. The molecule has 0 heterocycles. The van der Waals surface area contributed by atoms with Crippen LogP contribution in [0, 0.1) is 0 Å². The quantitative estimate of drug-likeness (QED) is 0.109. The van der Waals surface area contributed by atoms with Gasteiger partial charge in [0.25, 0.3) is 0 Å². The van der Waals surface area contributed by atoms with E-state index in [1.54, 1.807) is 25.3 Å². The van der Waals surface area contributed by atoms with Crippen molar-refractivity contribution in [1.29, 1.82) is 0 Å². The van der Waals surface area contributed by atoms with Gasteiger partial charge in [0.15, 0.2) is 0 Å². The molecule has 0 unspecified atom stereocenters. The standard InChI is InChI=1S/C30H26O5/c1-32-17-18-33-19-20-34-27-15-7-6-13-26(27)30(31)35-28-16-8-14-25-23-10-3-2-9-21(23)22-11-4-5-12-24(22)29(25)28/h2-16H,17-20H2,1H3. The van der Waals surface area contributed by atoms with Crippen molar-refractivity contribution in [3.8, 4) is 11.5 Å². The molecule has 0 aliphatic heterocycles. The molecule has 0 N–H and O–H groups in total. The number of methoxy groups -OCH3 is 1. The Bertz CT molecular complexity index is 1450. The van der Waals surface area contributed by atoms with Crippen LogP contribution < -0.4 is 9.47 Å². The summed E-state index contributed by atoms with van der Waals surface area (Å²) in [5.74, 6) is 0.515. The SMILES string of the molecule is COCCOCCOc1ccccc1C(=O)Oc1cccc2c3ccccc3c3ccccc3c12. The summed E-state index contributed by atoms with van der Waals surface area (Å²) in [7, 11) is 1.63. The molecular formula is C30H26O5. The van der Waals surface area contributed by atoms with Crippen LogP contribution in [0.2, 0.25) is 0 Å². The highest BCUT2D eigenvalue weighted by molar-refractivity contribution is 6.27. The van der Waals surface area contributed by atoms with E-state index in [1.807, 2.05) is 42.5 Å². The molecule has 0 atom stereocenters. The number of hydrogen-bond acceptors (Lipinski definition) is 5. The first-order valence-electron chi connectivity index (χ1n) is 11.6. The molecule has 0 saturated carbocycles. The highest BCUT2D eigenvalue weighted by Gasteiger charge is 2.18. The number of fused-ring (bicyclic) bond motifs is 6. The number of carbonyl (C=O) groups is 1. The van der Waals surface area contributed by atoms with Crippen molar-refractivity contribution < 1.29 is 23.7 Å². The second-order valence-corrected chi connectivity index (χ2v) is 8.11. The normalized spacial score (nSPS) is 11.2. The lowest BCUT2D eigenvalue weighted by molar-refractivity contribution is 0.0537. The van der Waals surface area contributed by atoms with Gasteiger partial charge in [-0.05, 0) is 45.1 Å². The van der Waals surface area contributed by atoms with Gasteiger partial charge in [-0.25, -0.2) is 4.79 Å². The van der Waals surface area contributed by atoms with Crippen LogP contribution in [0.1, 0.15) is 10.4 Å². The number of carbonyl (C=O) groups excluding carboxylic acids is 1. The van der Waals surface area contributed by atoms with E-state index in [1.165, 1.54) is 5.39 Å². The van der Waals surface area contributed by atoms with Gasteiger partial charge in [-0.3, -0.25) is 0 Å². The van der Waals surface area contributed by atoms with Gasteiger partial charge in [-0.2, -0.15) is 0 Å². The minimum Gasteiger partial charge on any atom is -0.490 e. The van der Waals surface area contributed by atoms with Gasteiger partial charge in [-0.1, -0.05) is 72.8 Å². The fraction of sp³-hybridized carbons (Fsp3) is 0.167. The Balaban J connectivity index is 1.48. The zero-order valence-corrected chi connectivity index (χ0v) is 19.5. The van der Waals surface area contributed by atoms with E-state index in [0.717, 1.165) is 26.9 Å². The molecule has 0 radical (unpaired) electrons. The lowest BCUT2D eigenvalue weighted by Gasteiger charge is -2.15. The molecule has 5 nitrogen and oxygen atoms in total. The number of benzene rings is 5. The molecule has 0 aliphatic carbocycles. The fourth-order valence-electron chi connectivity index (χ4n) is 4.38. The summed E-state index contributed by atoms with van der Waals surface area (Å²) in [6, 6.07) is 29.5. The van der Waals surface area contributed by atoms with Crippen molar-refractivity contribution in [3.05, 3.63) is 96.6 Å². The Labute approximate surface area is 203 Å². The van der Waals surface area contributed by atoms with Gasteiger partial charge in [0.05, 0.1) is 19.8 Å². The Hall–Kier alpha value is -3.93. The summed E-state index contributed by atoms with van der Waals surface area (Å²) in [6.07, 6.45) is 0. The number of ether oxygens (including phenoxy) is 4. The van der Waals surface area contributed by atoms with Crippen LogP contribution in [-0.2, 0) is 9.47 Å². The van der Waals surface area contributed by atoms with Crippen molar-refractivity contribution >= 4 is 38.3 Å². The number of hydrogen-bond donors (Lipinski definition) is 0.